The maximum Gasteiger partial charge on any atom is 0.0991 e. The first kappa shape index (κ1) is 15.8. The van der Waals surface area contributed by atoms with Crippen LogP contribution in [-0.4, -0.2) is 68.0 Å². The van der Waals surface area contributed by atoms with Gasteiger partial charge in [-0.2, -0.15) is 0 Å². The van der Waals surface area contributed by atoms with Crippen molar-refractivity contribution in [2.45, 2.75) is 19.9 Å². The van der Waals surface area contributed by atoms with E-state index >= 15 is 0 Å². The van der Waals surface area contributed by atoms with E-state index in [4.69, 9.17) is 14.6 Å². The number of aliphatic hydroxyl groups excluding tert-OH is 2. The third kappa shape index (κ3) is 7.14. The van der Waals surface area contributed by atoms with Gasteiger partial charge in [0.25, 0.3) is 0 Å². The van der Waals surface area contributed by atoms with Gasteiger partial charge in [0, 0.05) is 20.3 Å². The summed E-state index contributed by atoms with van der Waals surface area (Å²) >= 11 is 0. The summed E-state index contributed by atoms with van der Waals surface area (Å²) in [5.41, 5.74) is 0. The molecule has 0 amide bonds. The van der Waals surface area contributed by atoms with Crippen molar-refractivity contribution < 1.29 is 19.7 Å². The lowest BCUT2D eigenvalue weighted by Gasteiger charge is -2.29. The number of ether oxygens (including phenoxy) is 2. The molecule has 0 aromatic heterocycles. The second kappa shape index (κ2) is 9.99. The van der Waals surface area contributed by atoms with Crippen LogP contribution in [0.3, 0.4) is 0 Å². The van der Waals surface area contributed by atoms with Crippen molar-refractivity contribution >= 4 is 0 Å². The Balaban J connectivity index is 3.98. The summed E-state index contributed by atoms with van der Waals surface area (Å²) in [4.78, 5) is 1.86. The van der Waals surface area contributed by atoms with E-state index < -0.39 is 0 Å². The van der Waals surface area contributed by atoms with E-state index in [2.05, 4.69) is 13.8 Å². The highest BCUT2D eigenvalue weighted by atomic mass is 16.5. The highest BCUT2D eigenvalue weighted by molar-refractivity contribution is 4.68. The third-order valence-corrected chi connectivity index (χ3v) is 2.17. The zero-order valence-corrected chi connectivity index (χ0v) is 10.6. The summed E-state index contributed by atoms with van der Waals surface area (Å²) in [6, 6.07) is -0.120. The van der Waals surface area contributed by atoms with Gasteiger partial charge in [-0.15, -0.1) is 0 Å². The van der Waals surface area contributed by atoms with Gasteiger partial charge in [-0.05, 0) is 5.92 Å². The van der Waals surface area contributed by atoms with Gasteiger partial charge in [-0.3, -0.25) is 4.90 Å². The van der Waals surface area contributed by atoms with Crippen LogP contribution < -0.4 is 0 Å². The number of hydrogen-bond donors (Lipinski definition) is 2. The Kier molecular flexibility index (Phi) is 9.86. The molecular formula is C11H25NO4. The maximum atomic E-state index is 9.26. The largest absolute Gasteiger partial charge is 0.395 e. The van der Waals surface area contributed by atoms with Gasteiger partial charge in [0.15, 0.2) is 0 Å². The van der Waals surface area contributed by atoms with E-state index in [0.29, 0.717) is 32.4 Å². The number of nitrogens with zero attached hydrogens (tertiary/aromatic N) is 1. The summed E-state index contributed by atoms with van der Waals surface area (Å²) in [5, 5.41) is 18.2. The Morgan fingerprint density at radius 2 is 1.88 bits per heavy atom. The Labute approximate surface area is 98.0 Å². The summed E-state index contributed by atoms with van der Waals surface area (Å²) in [7, 11) is 1.59. The molecule has 98 valence electrons. The lowest BCUT2D eigenvalue weighted by atomic mass is 10.2. The molecule has 0 aliphatic heterocycles. The number of methoxy groups -OCH3 is 1. The molecule has 1 unspecified atom stereocenters. The van der Waals surface area contributed by atoms with Crippen molar-refractivity contribution in [3.8, 4) is 0 Å². The molecule has 0 aromatic rings. The smallest absolute Gasteiger partial charge is 0.0991 e. The molecule has 0 spiro atoms. The Bertz CT molecular complexity index is 149. The van der Waals surface area contributed by atoms with Crippen molar-refractivity contribution in [3.05, 3.63) is 0 Å². The second-order valence-corrected chi connectivity index (χ2v) is 4.22. The molecule has 0 radical (unpaired) electrons. The van der Waals surface area contributed by atoms with Gasteiger partial charge in [0.1, 0.15) is 0 Å². The molecule has 2 N–H and O–H groups in total. The first-order chi connectivity index (χ1) is 7.65. The molecular weight excluding hydrogens is 210 g/mol. The molecule has 0 aliphatic carbocycles. The third-order valence-electron chi connectivity index (χ3n) is 2.17. The molecule has 0 aliphatic rings. The number of aliphatic hydroxyl groups is 2. The van der Waals surface area contributed by atoms with Gasteiger partial charge in [-0.1, -0.05) is 13.8 Å². The SMILES string of the molecule is COCN(CCO)C(CO)COCC(C)C. The van der Waals surface area contributed by atoms with E-state index in [9.17, 15) is 5.11 Å². The molecule has 0 saturated carbocycles. The number of hydrogen-bond acceptors (Lipinski definition) is 5. The van der Waals surface area contributed by atoms with Gasteiger partial charge in [-0.25, -0.2) is 0 Å². The van der Waals surface area contributed by atoms with Crippen LogP contribution in [0.4, 0.5) is 0 Å². The van der Waals surface area contributed by atoms with E-state index in [0.717, 1.165) is 0 Å². The fourth-order valence-corrected chi connectivity index (χ4v) is 1.36. The minimum absolute atomic E-state index is 0.00144. The van der Waals surface area contributed by atoms with Crippen molar-refractivity contribution in [2.24, 2.45) is 5.92 Å². The lowest BCUT2D eigenvalue weighted by Crippen LogP contribution is -2.44. The lowest BCUT2D eigenvalue weighted by molar-refractivity contribution is -0.0329. The van der Waals surface area contributed by atoms with Crippen LogP contribution in [0.15, 0.2) is 0 Å². The van der Waals surface area contributed by atoms with Crippen LogP contribution in [0.2, 0.25) is 0 Å². The van der Waals surface area contributed by atoms with Crippen molar-refractivity contribution in [1.29, 1.82) is 0 Å². The van der Waals surface area contributed by atoms with Crippen molar-refractivity contribution in [2.75, 3.05) is 46.8 Å². The van der Waals surface area contributed by atoms with Crippen LogP contribution in [-0.2, 0) is 9.47 Å². The molecule has 5 heteroatoms. The van der Waals surface area contributed by atoms with Crippen LogP contribution >= 0.6 is 0 Å². The first-order valence-corrected chi connectivity index (χ1v) is 5.68. The fourth-order valence-electron chi connectivity index (χ4n) is 1.36. The predicted molar refractivity (Wildman–Crippen MR) is 62.2 cm³/mol. The summed E-state index contributed by atoms with van der Waals surface area (Å²) in [6.07, 6.45) is 0. The predicted octanol–water partition coefficient (Wildman–Crippen LogP) is -0.0819. The van der Waals surface area contributed by atoms with E-state index in [-0.39, 0.29) is 19.3 Å². The summed E-state index contributed by atoms with van der Waals surface area (Å²) in [6.45, 7) is 6.20. The van der Waals surface area contributed by atoms with Crippen LogP contribution in [0.5, 0.6) is 0 Å². The summed E-state index contributed by atoms with van der Waals surface area (Å²) < 4.78 is 10.5. The average Bonchev–Trinajstić information content (AvgIpc) is 2.24. The zero-order valence-electron chi connectivity index (χ0n) is 10.6. The maximum absolute atomic E-state index is 9.26. The minimum Gasteiger partial charge on any atom is -0.395 e. The Hall–Kier alpha value is -0.200. The fraction of sp³-hybridized carbons (Fsp3) is 1.00. The van der Waals surface area contributed by atoms with Gasteiger partial charge in [0.05, 0.1) is 32.6 Å². The quantitative estimate of drug-likeness (QED) is 0.519. The number of rotatable bonds is 10. The molecule has 0 aromatic carbocycles. The minimum atomic E-state index is -0.120. The van der Waals surface area contributed by atoms with Gasteiger partial charge >= 0.3 is 0 Å². The molecule has 16 heavy (non-hydrogen) atoms. The molecule has 0 fully saturated rings. The highest BCUT2D eigenvalue weighted by Crippen LogP contribution is 2.02. The van der Waals surface area contributed by atoms with Crippen LogP contribution in [0, 0.1) is 5.92 Å². The zero-order chi connectivity index (χ0) is 12.4. The Morgan fingerprint density at radius 3 is 2.31 bits per heavy atom. The highest BCUT2D eigenvalue weighted by Gasteiger charge is 2.17. The Morgan fingerprint density at radius 1 is 1.19 bits per heavy atom. The molecule has 0 saturated heterocycles. The van der Waals surface area contributed by atoms with E-state index in [1.54, 1.807) is 7.11 Å². The first-order valence-electron chi connectivity index (χ1n) is 5.68. The van der Waals surface area contributed by atoms with Crippen molar-refractivity contribution in [3.63, 3.8) is 0 Å². The monoisotopic (exact) mass is 235 g/mol. The summed E-state index contributed by atoms with van der Waals surface area (Å²) in [5.74, 6) is 0.480. The molecule has 0 rings (SSSR count). The van der Waals surface area contributed by atoms with Crippen molar-refractivity contribution in [1.82, 2.24) is 4.90 Å². The standard InChI is InChI=1S/C11H25NO4/c1-10(2)7-16-8-11(6-14)12(4-5-13)9-15-3/h10-11,13-14H,4-9H2,1-3H3. The molecule has 1 atom stereocenters. The average molecular weight is 235 g/mol. The van der Waals surface area contributed by atoms with E-state index in [1.165, 1.54) is 0 Å². The topological polar surface area (TPSA) is 62.2 Å². The molecule has 0 bridgehead atoms. The van der Waals surface area contributed by atoms with Gasteiger partial charge in [0.2, 0.25) is 0 Å². The van der Waals surface area contributed by atoms with Crippen LogP contribution in [0.25, 0.3) is 0 Å². The normalized spacial score (nSPS) is 13.7. The second-order valence-electron chi connectivity index (χ2n) is 4.22. The molecule has 5 nitrogen and oxygen atoms in total. The van der Waals surface area contributed by atoms with Gasteiger partial charge < -0.3 is 19.7 Å². The van der Waals surface area contributed by atoms with Crippen LogP contribution in [0.1, 0.15) is 13.8 Å². The van der Waals surface area contributed by atoms with E-state index in [1.807, 2.05) is 4.90 Å². The molecule has 0 heterocycles.